The topological polar surface area (TPSA) is 59.9 Å². The molecule has 0 aromatic heterocycles. The highest BCUT2D eigenvalue weighted by Crippen LogP contribution is 2.37. The number of hydrogen-bond donors (Lipinski definition) is 1. The molecule has 4 aromatic carbocycles. The molecular formula is C28H24BrClN2O3. The molecule has 0 unspecified atom stereocenters. The molecule has 0 spiro atoms. The van der Waals surface area contributed by atoms with Crippen molar-refractivity contribution in [2.45, 2.75) is 20.0 Å². The smallest absolute Gasteiger partial charge is 0.244 e. The lowest BCUT2D eigenvalue weighted by Gasteiger charge is -2.15. The van der Waals surface area contributed by atoms with Crippen LogP contribution in [0.4, 0.5) is 0 Å². The number of hydrogen-bond acceptors (Lipinski definition) is 4. The number of carbonyl (C=O) groups excluding carboxylic acids is 1. The quantitative estimate of drug-likeness (QED) is 0.181. The minimum Gasteiger partial charge on any atom is -0.490 e. The van der Waals surface area contributed by atoms with Gasteiger partial charge in [0.1, 0.15) is 6.61 Å². The van der Waals surface area contributed by atoms with E-state index in [1.54, 1.807) is 6.21 Å². The van der Waals surface area contributed by atoms with Crippen LogP contribution in [-0.2, 0) is 17.8 Å². The Bertz CT molecular complexity index is 1370. The van der Waals surface area contributed by atoms with Crippen molar-refractivity contribution in [2.75, 3.05) is 6.61 Å². The molecule has 0 atom stereocenters. The van der Waals surface area contributed by atoms with E-state index in [2.05, 4.69) is 26.5 Å². The van der Waals surface area contributed by atoms with E-state index in [1.165, 1.54) is 0 Å². The fourth-order valence-corrected chi connectivity index (χ4v) is 4.43. The predicted molar refractivity (Wildman–Crippen MR) is 144 cm³/mol. The van der Waals surface area contributed by atoms with Crippen LogP contribution in [0.25, 0.3) is 10.8 Å². The van der Waals surface area contributed by atoms with Crippen LogP contribution in [0.2, 0.25) is 5.02 Å². The van der Waals surface area contributed by atoms with Gasteiger partial charge in [-0.1, -0.05) is 72.3 Å². The summed E-state index contributed by atoms with van der Waals surface area (Å²) in [6, 6.07) is 25.1. The normalized spacial score (nSPS) is 11.1. The molecule has 0 radical (unpaired) electrons. The Morgan fingerprint density at radius 3 is 2.57 bits per heavy atom. The van der Waals surface area contributed by atoms with Gasteiger partial charge in [0.2, 0.25) is 5.91 Å². The van der Waals surface area contributed by atoms with Gasteiger partial charge in [-0.15, -0.1) is 0 Å². The molecule has 1 N–H and O–H groups in total. The Kier molecular flexibility index (Phi) is 8.40. The van der Waals surface area contributed by atoms with Gasteiger partial charge < -0.3 is 9.47 Å². The SMILES string of the molecule is CCOc1cc(/C=N\NC(=O)Cc2cccc3ccccc23)cc(Br)c1OCc1ccccc1Cl. The lowest BCUT2D eigenvalue weighted by Crippen LogP contribution is -2.19. The van der Waals surface area contributed by atoms with Gasteiger partial charge in [0.05, 0.1) is 23.7 Å². The molecule has 0 saturated carbocycles. The van der Waals surface area contributed by atoms with E-state index < -0.39 is 0 Å². The maximum absolute atomic E-state index is 12.5. The third-order valence-corrected chi connectivity index (χ3v) is 6.25. The molecule has 1 amide bonds. The maximum atomic E-state index is 12.5. The standard InChI is InChI=1S/C28H24BrClN2O3/c1-2-34-26-15-19(14-24(29)28(26)35-18-22-9-4-6-13-25(22)30)17-31-32-27(33)16-21-11-7-10-20-8-3-5-12-23(20)21/h3-15,17H,2,16,18H2,1H3,(H,32,33)/b31-17-. The van der Waals surface area contributed by atoms with Crippen LogP contribution in [0.5, 0.6) is 11.5 Å². The van der Waals surface area contributed by atoms with Gasteiger partial charge in [-0.05, 0) is 63.0 Å². The van der Waals surface area contributed by atoms with Crippen LogP contribution >= 0.6 is 27.5 Å². The maximum Gasteiger partial charge on any atom is 0.244 e. The van der Waals surface area contributed by atoms with E-state index in [-0.39, 0.29) is 12.3 Å². The number of benzene rings is 4. The molecular weight excluding hydrogens is 528 g/mol. The van der Waals surface area contributed by atoms with Crippen molar-refractivity contribution in [3.8, 4) is 11.5 Å². The zero-order valence-electron chi connectivity index (χ0n) is 19.1. The van der Waals surface area contributed by atoms with Crippen molar-refractivity contribution in [1.82, 2.24) is 5.43 Å². The molecule has 0 heterocycles. The van der Waals surface area contributed by atoms with Gasteiger partial charge in [-0.2, -0.15) is 5.10 Å². The highest BCUT2D eigenvalue weighted by atomic mass is 79.9. The summed E-state index contributed by atoms with van der Waals surface area (Å²) in [6.07, 6.45) is 1.81. The minimum absolute atomic E-state index is 0.193. The fourth-order valence-electron chi connectivity index (χ4n) is 3.67. The van der Waals surface area contributed by atoms with Crippen LogP contribution in [0, 0.1) is 0 Å². The van der Waals surface area contributed by atoms with Crippen LogP contribution in [-0.4, -0.2) is 18.7 Å². The van der Waals surface area contributed by atoms with Gasteiger partial charge in [0, 0.05) is 10.6 Å². The van der Waals surface area contributed by atoms with Crippen molar-refractivity contribution < 1.29 is 14.3 Å². The lowest BCUT2D eigenvalue weighted by atomic mass is 10.0. The second kappa shape index (κ2) is 11.9. The molecule has 35 heavy (non-hydrogen) atoms. The third kappa shape index (κ3) is 6.41. The largest absolute Gasteiger partial charge is 0.490 e. The van der Waals surface area contributed by atoms with E-state index >= 15 is 0 Å². The van der Waals surface area contributed by atoms with Gasteiger partial charge in [-0.25, -0.2) is 5.43 Å². The van der Waals surface area contributed by atoms with Crippen LogP contribution in [0.1, 0.15) is 23.6 Å². The number of rotatable bonds is 9. The number of amides is 1. The summed E-state index contributed by atoms with van der Waals surface area (Å²) in [5.74, 6) is 0.947. The number of hydrazone groups is 1. The molecule has 0 aliphatic rings. The van der Waals surface area contributed by atoms with Crippen LogP contribution in [0.3, 0.4) is 0 Å². The van der Waals surface area contributed by atoms with Crippen molar-refractivity contribution in [1.29, 1.82) is 0 Å². The number of nitrogens with zero attached hydrogens (tertiary/aromatic N) is 1. The summed E-state index contributed by atoms with van der Waals surface area (Å²) < 4.78 is 12.5. The number of ether oxygens (including phenoxy) is 2. The second-order valence-corrected chi connectivity index (χ2v) is 9.01. The molecule has 0 aliphatic heterocycles. The van der Waals surface area contributed by atoms with Gasteiger partial charge >= 0.3 is 0 Å². The molecule has 7 heteroatoms. The third-order valence-electron chi connectivity index (χ3n) is 5.30. The van der Waals surface area contributed by atoms with Crippen LogP contribution < -0.4 is 14.9 Å². The van der Waals surface area contributed by atoms with Gasteiger partial charge in [0.25, 0.3) is 0 Å². The van der Waals surface area contributed by atoms with E-state index in [1.807, 2.05) is 85.8 Å². The molecule has 5 nitrogen and oxygen atoms in total. The average Bonchev–Trinajstić information content (AvgIpc) is 2.85. The summed E-state index contributed by atoms with van der Waals surface area (Å²) >= 11 is 9.81. The molecule has 178 valence electrons. The zero-order valence-corrected chi connectivity index (χ0v) is 21.5. The summed E-state index contributed by atoms with van der Waals surface area (Å²) in [5.41, 5.74) is 5.19. The van der Waals surface area contributed by atoms with E-state index in [9.17, 15) is 4.79 Å². The van der Waals surface area contributed by atoms with Crippen molar-refractivity contribution in [3.05, 3.63) is 105 Å². The first-order valence-electron chi connectivity index (χ1n) is 11.2. The average molecular weight is 552 g/mol. The van der Waals surface area contributed by atoms with Crippen molar-refractivity contribution in [2.24, 2.45) is 5.10 Å². The summed E-state index contributed by atoms with van der Waals surface area (Å²) in [5, 5.41) is 6.94. The summed E-state index contributed by atoms with van der Waals surface area (Å²) in [7, 11) is 0. The highest BCUT2D eigenvalue weighted by molar-refractivity contribution is 9.10. The van der Waals surface area contributed by atoms with E-state index in [0.717, 1.165) is 27.5 Å². The fraction of sp³-hybridized carbons (Fsp3) is 0.143. The number of halogens is 2. The van der Waals surface area contributed by atoms with Crippen molar-refractivity contribution >= 4 is 50.4 Å². The lowest BCUT2D eigenvalue weighted by molar-refractivity contribution is -0.120. The van der Waals surface area contributed by atoms with E-state index in [0.29, 0.717) is 34.2 Å². The monoisotopic (exact) mass is 550 g/mol. The first-order valence-corrected chi connectivity index (χ1v) is 12.3. The van der Waals surface area contributed by atoms with Gasteiger partial charge in [-0.3, -0.25) is 4.79 Å². The number of fused-ring (bicyclic) bond motifs is 1. The summed E-state index contributed by atoms with van der Waals surface area (Å²) in [6.45, 7) is 2.67. The Morgan fingerprint density at radius 2 is 1.74 bits per heavy atom. The predicted octanol–water partition coefficient (Wildman–Crippen LogP) is 6.93. The Morgan fingerprint density at radius 1 is 1.00 bits per heavy atom. The molecule has 0 saturated heterocycles. The first-order chi connectivity index (χ1) is 17.0. The van der Waals surface area contributed by atoms with Crippen LogP contribution in [0.15, 0.2) is 88.4 Å². The summed E-state index contributed by atoms with van der Waals surface area (Å²) in [4.78, 5) is 12.5. The second-order valence-electron chi connectivity index (χ2n) is 7.75. The minimum atomic E-state index is -0.193. The molecule has 4 aromatic rings. The van der Waals surface area contributed by atoms with Crippen molar-refractivity contribution in [3.63, 3.8) is 0 Å². The Balaban J connectivity index is 1.44. The van der Waals surface area contributed by atoms with E-state index in [4.69, 9.17) is 21.1 Å². The highest BCUT2D eigenvalue weighted by Gasteiger charge is 2.13. The molecule has 0 bridgehead atoms. The Hall–Kier alpha value is -3.35. The molecule has 0 aliphatic carbocycles. The first kappa shape index (κ1) is 24.8. The Labute approximate surface area is 217 Å². The molecule has 0 fully saturated rings. The number of nitrogens with one attached hydrogen (secondary N) is 1. The number of carbonyl (C=O) groups is 1. The van der Waals surface area contributed by atoms with Gasteiger partial charge in [0.15, 0.2) is 11.5 Å². The molecule has 4 rings (SSSR count). The zero-order chi connectivity index (χ0) is 24.6.